The van der Waals surface area contributed by atoms with E-state index in [2.05, 4.69) is 15.1 Å². The molecule has 0 radical (unpaired) electrons. The highest BCUT2D eigenvalue weighted by Crippen LogP contribution is 2.25. The number of aromatic nitrogens is 4. The van der Waals surface area contributed by atoms with Gasteiger partial charge in [-0.05, 0) is 20.8 Å². The number of nitrogens with zero attached hydrogens (tertiary/aromatic N) is 4. The summed E-state index contributed by atoms with van der Waals surface area (Å²) < 4.78 is 7.46. The first kappa shape index (κ1) is 12.5. The Balaban J connectivity index is 2.31. The van der Waals surface area contributed by atoms with Gasteiger partial charge in [0.15, 0.2) is 5.75 Å². The summed E-state index contributed by atoms with van der Waals surface area (Å²) in [5, 5.41) is 4.28. The molecule has 2 heterocycles. The van der Waals surface area contributed by atoms with Crippen LogP contribution in [0.3, 0.4) is 0 Å². The standard InChI is InChI=1S/C12H17N5O/c1-7-10(5-13)6-14-12(15-7)18-11-8(2)16-17(4)9(11)3/h6H,5,13H2,1-4H3. The zero-order valence-electron chi connectivity index (χ0n) is 11.1. The number of aryl methyl sites for hydroxylation is 3. The van der Waals surface area contributed by atoms with Crippen molar-refractivity contribution >= 4 is 0 Å². The van der Waals surface area contributed by atoms with Crippen molar-refractivity contribution < 1.29 is 4.74 Å². The lowest BCUT2D eigenvalue weighted by Crippen LogP contribution is -2.03. The quantitative estimate of drug-likeness (QED) is 0.886. The summed E-state index contributed by atoms with van der Waals surface area (Å²) in [6.07, 6.45) is 1.69. The van der Waals surface area contributed by atoms with Gasteiger partial charge in [0.05, 0.1) is 5.69 Å². The smallest absolute Gasteiger partial charge is 0.322 e. The van der Waals surface area contributed by atoms with E-state index >= 15 is 0 Å². The lowest BCUT2D eigenvalue weighted by molar-refractivity contribution is 0.432. The van der Waals surface area contributed by atoms with Crippen LogP contribution in [-0.4, -0.2) is 19.7 Å². The van der Waals surface area contributed by atoms with E-state index in [-0.39, 0.29) is 0 Å². The molecule has 0 aromatic carbocycles. The fourth-order valence-electron chi connectivity index (χ4n) is 1.71. The number of rotatable bonds is 3. The van der Waals surface area contributed by atoms with E-state index in [1.54, 1.807) is 10.9 Å². The van der Waals surface area contributed by atoms with Crippen LogP contribution in [-0.2, 0) is 13.6 Å². The molecular formula is C12H17N5O. The largest absolute Gasteiger partial charge is 0.420 e. The Morgan fingerprint density at radius 1 is 1.28 bits per heavy atom. The van der Waals surface area contributed by atoms with Gasteiger partial charge in [0, 0.05) is 31.0 Å². The first-order valence-electron chi connectivity index (χ1n) is 5.73. The summed E-state index contributed by atoms with van der Waals surface area (Å²) in [7, 11) is 1.87. The topological polar surface area (TPSA) is 78.9 Å². The van der Waals surface area contributed by atoms with Crippen LogP contribution in [0, 0.1) is 20.8 Å². The predicted molar refractivity (Wildman–Crippen MR) is 67.4 cm³/mol. The molecule has 0 saturated heterocycles. The number of nitrogens with two attached hydrogens (primary N) is 1. The molecule has 0 unspecified atom stereocenters. The number of hydrogen-bond acceptors (Lipinski definition) is 5. The van der Waals surface area contributed by atoms with Crippen LogP contribution >= 0.6 is 0 Å². The van der Waals surface area contributed by atoms with Crippen molar-refractivity contribution in [2.24, 2.45) is 12.8 Å². The molecular weight excluding hydrogens is 230 g/mol. The molecule has 18 heavy (non-hydrogen) atoms. The molecule has 0 amide bonds. The minimum atomic E-state index is 0.323. The van der Waals surface area contributed by atoms with Gasteiger partial charge in [0.2, 0.25) is 0 Å². The maximum atomic E-state index is 5.69. The molecule has 0 saturated carbocycles. The van der Waals surface area contributed by atoms with E-state index in [0.717, 1.165) is 22.6 Å². The minimum Gasteiger partial charge on any atom is -0.420 e. The SMILES string of the molecule is Cc1nc(Oc2c(C)nn(C)c2C)ncc1CN. The normalized spacial score (nSPS) is 10.7. The molecule has 0 bridgehead atoms. The Hall–Kier alpha value is -1.95. The van der Waals surface area contributed by atoms with Crippen LogP contribution in [0.15, 0.2) is 6.20 Å². The highest BCUT2D eigenvalue weighted by Gasteiger charge is 2.13. The Bertz CT molecular complexity index is 576. The first-order chi connectivity index (χ1) is 8.52. The third-order valence-corrected chi connectivity index (χ3v) is 2.91. The van der Waals surface area contributed by atoms with Crippen LogP contribution in [0.1, 0.15) is 22.6 Å². The monoisotopic (exact) mass is 247 g/mol. The first-order valence-corrected chi connectivity index (χ1v) is 5.73. The second kappa shape index (κ2) is 4.73. The maximum absolute atomic E-state index is 5.69. The van der Waals surface area contributed by atoms with Gasteiger partial charge in [-0.2, -0.15) is 10.1 Å². The summed E-state index contributed by atoms with van der Waals surface area (Å²) in [5.41, 5.74) is 9.08. The molecule has 0 spiro atoms. The van der Waals surface area contributed by atoms with E-state index < -0.39 is 0 Å². The summed E-state index contributed by atoms with van der Waals surface area (Å²) in [6.45, 7) is 6.15. The van der Waals surface area contributed by atoms with Gasteiger partial charge in [0.1, 0.15) is 5.69 Å². The van der Waals surface area contributed by atoms with Gasteiger partial charge in [-0.25, -0.2) is 4.98 Å². The predicted octanol–water partition coefficient (Wildman–Crippen LogP) is 1.39. The van der Waals surface area contributed by atoms with Gasteiger partial charge in [-0.15, -0.1) is 0 Å². The average Bonchev–Trinajstić information content (AvgIpc) is 2.56. The molecule has 6 heteroatoms. The van der Waals surface area contributed by atoms with E-state index in [0.29, 0.717) is 18.3 Å². The highest BCUT2D eigenvalue weighted by atomic mass is 16.5. The molecule has 2 N–H and O–H groups in total. The highest BCUT2D eigenvalue weighted by molar-refractivity contribution is 5.34. The molecule has 0 aliphatic heterocycles. The van der Waals surface area contributed by atoms with E-state index in [9.17, 15) is 0 Å². The van der Waals surface area contributed by atoms with E-state index in [4.69, 9.17) is 10.5 Å². The Morgan fingerprint density at radius 3 is 2.50 bits per heavy atom. The van der Waals surface area contributed by atoms with Gasteiger partial charge >= 0.3 is 6.01 Å². The zero-order valence-corrected chi connectivity index (χ0v) is 11.1. The van der Waals surface area contributed by atoms with Crippen LogP contribution in [0.2, 0.25) is 0 Å². The minimum absolute atomic E-state index is 0.323. The lowest BCUT2D eigenvalue weighted by Gasteiger charge is -2.06. The van der Waals surface area contributed by atoms with Gasteiger partial charge < -0.3 is 10.5 Å². The molecule has 0 atom stereocenters. The molecule has 96 valence electrons. The Morgan fingerprint density at radius 2 is 2.00 bits per heavy atom. The fourth-order valence-corrected chi connectivity index (χ4v) is 1.71. The van der Waals surface area contributed by atoms with Crippen molar-refractivity contribution in [2.45, 2.75) is 27.3 Å². The van der Waals surface area contributed by atoms with Gasteiger partial charge in [0.25, 0.3) is 0 Å². The average molecular weight is 247 g/mol. The van der Waals surface area contributed by atoms with Gasteiger partial charge in [-0.1, -0.05) is 0 Å². The molecule has 2 aromatic rings. The van der Waals surface area contributed by atoms with Crippen LogP contribution < -0.4 is 10.5 Å². The number of hydrogen-bond donors (Lipinski definition) is 1. The van der Waals surface area contributed by atoms with Crippen molar-refractivity contribution in [3.63, 3.8) is 0 Å². The van der Waals surface area contributed by atoms with Gasteiger partial charge in [-0.3, -0.25) is 4.68 Å². The summed E-state index contributed by atoms with van der Waals surface area (Å²) >= 11 is 0. The Labute approximate surface area is 106 Å². The molecule has 0 fully saturated rings. The van der Waals surface area contributed by atoms with E-state index in [1.165, 1.54) is 0 Å². The Kier molecular flexibility index (Phi) is 3.29. The third kappa shape index (κ3) is 2.19. The summed E-state index contributed by atoms with van der Waals surface area (Å²) in [4.78, 5) is 8.43. The van der Waals surface area contributed by atoms with E-state index in [1.807, 2.05) is 27.8 Å². The second-order valence-corrected chi connectivity index (χ2v) is 4.19. The molecule has 6 nitrogen and oxygen atoms in total. The van der Waals surface area contributed by atoms with Crippen LogP contribution in [0.4, 0.5) is 0 Å². The summed E-state index contributed by atoms with van der Waals surface area (Å²) in [5.74, 6) is 0.706. The molecule has 2 rings (SSSR count). The van der Waals surface area contributed by atoms with Crippen molar-refractivity contribution in [2.75, 3.05) is 0 Å². The summed E-state index contributed by atoms with van der Waals surface area (Å²) in [6, 6.07) is 0.323. The molecule has 2 aromatic heterocycles. The maximum Gasteiger partial charge on any atom is 0.322 e. The van der Waals surface area contributed by atoms with Crippen molar-refractivity contribution in [3.8, 4) is 11.8 Å². The third-order valence-electron chi connectivity index (χ3n) is 2.91. The fraction of sp³-hybridized carbons (Fsp3) is 0.417. The molecule has 0 aliphatic carbocycles. The zero-order chi connectivity index (χ0) is 13.3. The van der Waals surface area contributed by atoms with Crippen molar-refractivity contribution in [1.29, 1.82) is 0 Å². The van der Waals surface area contributed by atoms with Crippen LogP contribution in [0.25, 0.3) is 0 Å². The number of ether oxygens (including phenoxy) is 1. The van der Waals surface area contributed by atoms with Crippen LogP contribution in [0.5, 0.6) is 11.8 Å². The van der Waals surface area contributed by atoms with Crippen molar-refractivity contribution in [3.05, 3.63) is 28.8 Å². The molecule has 0 aliphatic rings. The van der Waals surface area contributed by atoms with Crippen molar-refractivity contribution in [1.82, 2.24) is 19.7 Å². The second-order valence-electron chi connectivity index (χ2n) is 4.19. The lowest BCUT2D eigenvalue weighted by atomic mass is 10.2.